The first-order chi connectivity index (χ1) is 23.3. The van der Waals surface area contributed by atoms with E-state index in [1.165, 1.54) is 22.4 Å². The summed E-state index contributed by atoms with van der Waals surface area (Å²) in [4.78, 5) is 13.0. The lowest BCUT2D eigenvalue weighted by atomic mass is 9.90. The Bertz CT molecular complexity index is 1860. The van der Waals surface area contributed by atoms with Gasteiger partial charge in [0.1, 0.15) is 6.17 Å². The number of benzene rings is 4. The van der Waals surface area contributed by atoms with E-state index >= 15 is 0 Å². The monoisotopic (exact) mass is 636 g/mol. The number of fused-ring (bicyclic) bond motifs is 1. The Morgan fingerprint density at radius 1 is 0.812 bits per heavy atom. The molecule has 0 bridgehead atoms. The zero-order chi connectivity index (χ0) is 33.1. The van der Waals surface area contributed by atoms with Crippen LogP contribution in [0.25, 0.3) is 22.5 Å². The quantitative estimate of drug-likeness (QED) is 0.168. The van der Waals surface area contributed by atoms with Gasteiger partial charge in [0.05, 0.1) is 18.4 Å². The van der Waals surface area contributed by atoms with Crippen LogP contribution in [-0.4, -0.2) is 60.5 Å². The largest absolute Gasteiger partial charge is 0.351 e. The van der Waals surface area contributed by atoms with E-state index in [0.717, 1.165) is 55.1 Å². The van der Waals surface area contributed by atoms with Gasteiger partial charge in [0.2, 0.25) is 0 Å². The second-order valence-corrected chi connectivity index (χ2v) is 14.1. The van der Waals surface area contributed by atoms with Gasteiger partial charge < -0.3 is 14.7 Å². The summed E-state index contributed by atoms with van der Waals surface area (Å²) in [5, 5.41) is 14.6. The average molecular weight is 637 g/mol. The number of aromatic nitrogens is 4. The van der Waals surface area contributed by atoms with E-state index in [2.05, 4.69) is 166 Å². The van der Waals surface area contributed by atoms with E-state index in [-0.39, 0.29) is 17.6 Å². The SMILES string of the molecule is CC(c1ccccc1)N1C=C2C(=NC(CC(C)(C)C)N2Cc2ccc(-c3ccccc3-c3nnn[nH]3)cc2)N(CCc2ccccc2)C1. The molecule has 2 atom stereocenters. The summed E-state index contributed by atoms with van der Waals surface area (Å²) in [6, 6.07) is 39.0. The molecule has 8 heteroatoms. The number of aliphatic imine (C=N–C) groups is 1. The number of tetrazole rings is 1. The zero-order valence-corrected chi connectivity index (χ0v) is 28.3. The van der Waals surface area contributed by atoms with Gasteiger partial charge in [-0.25, -0.2) is 10.1 Å². The van der Waals surface area contributed by atoms with Crippen LogP contribution in [-0.2, 0) is 13.0 Å². The highest BCUT2D eigenvalue weighted by molar-refractivity contribution is 6.00. The molecule has 0 saturated carbocycles. The molecule has 0 saturated heterocycles. The molecule has 244 valence electrons. The first kappa shape index (κ1) is 31.4. The van der Waals surface area contributed by atoms with Gasteiger partial charge in [-0.15, -0.1) is 5.10 Å². The number of H-pyrrole nitrogens is 1. The molecule has 7 rings (SSSR count). The van der Waals surface area contributed by atoms with Crippen LogP contribution in [0.1, 0.15) is 56.8 Å². The molecule has 48 heavy (non-hydrogen) atoms. The van der Waals surface area contributed by atoms with Crippen molar-refractivity contribution in [2.24, 2.45) is 10.4 Å². The van der Waals surface area contributed by atoms with E-state index in [1.54, 1.807) is 0 Å². The number of nitrogens with one attached hydrogen (secondary N) is 1. The molecule has 0 spiro atoms. The Morgan fingerprint density at radius 3 is 2.19 bits per heavy atom. The topological polar surface area (TPSA) is 76.5 Å². The molecule has 2 unspecified atom stereocenters. The molecule has 2 aliphatic rings. The van der Waals surface area contributed by atoms with Gasteiger partial charge in [-0.05, 0) is 63.4 Å². The van der Waals surface area contributed by atoms with Gasteiger partial charge in [-0.2, -0.15) is 0 Å². The first-order valence-corrected chi connectivity index (χ1v) is 16.9. The van der Waals surface area contributed by atoms with Crippen LogP contribution in [0.3, 0.4) is 0 Å². The van der Waals surface area contributed by atoms with Crippen molar-refractivity contribution >= 4 is 5.84 Å². The Morgan fingerprint density at radius 2 is 1.50 bits per heavy atom. The van der Waals surface area contributed by atoms with E-state index in [1.807, 2.05) is 12.1 Å². The number of amidine groups is 1. The van der Waals surface area contributed by atoms with Gasteiger partial charge in [-0.1, -0.05) is 130 Å². The molecule has 0 fully saturated rings. The molecule has 2 aliphatic heterocycles. The van der Waals surface area contributed by atoms with Crippen molar-refractivity contribution in [3.05, 3.63) is 138 Å². The Labute approximate surface area is 283 Å². The maximum Gasteiger partial charge on any atom is 0.180 e. The minimum atomic E-state index is 0.0526. The van der Waals surface area contributed by atoms with E-state index < -0.39 is 0 Å². The van der Waals surface area contributed by atoms with Crippen molar-refractivity contribution in [3.8, 4) is 22.5 Å². The lowest BCUT2D eigenvalue weighted by Crippen LogP contribution is -2.47. The fourth-order valence-corrected chi connectivity index (χ4v) is 6.74. The molecule has 1 N–H and O–H groups in total. The summed E-state index contributed by atoms with van der Waals surface area (Å²) >= 11 is 0. The molecule has 0 aliphatic carbocycles. The van der Waals surface area contributed by atoms with Crippen molar-refractivity contribution in [3.63, 3.8) is 0 Å². The standard InChI is InChI=1S/C40H44N8/c1-29(32-15-9-6-10-16-32)47-27-36-39(46(28-47)24-23-30-13-7-5-8-14-30)41-37(25-40(2,3)4)48(36)26-31-19-21-33(22-20-31)34-17-11-12-18-35(34)38-42-44-45-43-38/h5-22,27,29,37H,23-26,28H2,1-4H3,(H,42,43,44,45). The van der Waals surface area contributed by atoms with Gasteiger partial charge in [-0.3, -0.25) is 0 Å². The summed E-state index contributed by atoms with van der Waals surface area (Å²) in [6.07, 6.45) is 4.36. The average Bonchev–Trinajstić information content (AvgIpc) is 3.76. The molecule has 0 radical (unpaired) electrons. The Hall–Kier alpha value is -5.24. The van der Waals surface area contributed by atoms with Gasteiger partial charge >= 0.3 is 0 Å². The summed E-state index contributed by atoms with van der Waals surface area (Å²) in [5.41, 5.74) is 8.43. The molecule has 8 nitrogen and oxygen atoms in total. The minimum Gasteiger partial charge on any atom is -0.351 e. The predicted octanol–water partition coefficient (Wildman–Crippen LogP) is 7.93. The van der Waals surface area contributed by atoms with E-state index in [0.29, 0.717) is 5.82 Å². The molecule has 1 aromatic heterocycles. The van der Waals surface area contributed by atoms with Crippen LogP contribution in [0.4, 0.5) is 0 Å². The van der Waals surface area contributed by atoms with Crippen LogP contribution >= 0.6 is 0 Å². The Balaban J connectivity index is 1.21. The normalized spacial score (nSPS) is 16.8. The summed E-state index contributed by atoms with van der Waals surface area (Å²) in [5.74, 6) is 1.78. The molecular weight excluding hydrogens is 592 g/mol. The van der Waals surface area contributed by atoms with Crippen molar-refractivity contribution in [2.75, 3.05) is 13.2 Å². The van der Waals surface area contributed by atoms with Gasteiger partial charge in [0.15, 0.2) is 11.7 Å². The lowest BCUT2D eigenvalue weighted by molar-refractivity contribution is 0.173. The smallest absolute Gasteiger partial charge is 0.180 e. The number of hydrogen-bond donors (Lipinski definition) is 1. The van der Waals surface area contributed by atoms with Crippen LogP contribution in [0, 0.1) is 5.41 Å². The maximum atomic E-state index is 5.49. The second kappa shape index (κ2) is 13.5. The molecule has 3 heterocycles. The van der Waals surface area contributed by atoms with Gasteiger partial charge in [0.25, 0.3) is 0 Å². The van der Waals surface area contributed by atoms with Crippen molar-refractivity contribution < 1.29 is 0 Å². The maximum absolute atomic E-state index is 5.49. The molecule has 5 aromatic rings. The van der Waals surface area contributed by atoms with E-state index in [4.69, 9.17) is 4.99 Å². The zero-order valence-electron chi connectivity index (χ0n) is 28.3. The summed E-state index contributed by atoms with van der Waals surface area (Å²) < 4.78 is 0. The summed E-state index contributed by atoms with van der Waals surface area (Å²) in [6.45, 7) is 11.7. The first-order valence-electron chi connectivity index (χ1n) is 16.9. The fraction of sp³-hybridized carbons (Fsp3) is 0.300. The highest BCUT2D eigenvalue weighted by Crippen LogP contribution is 2.37. The third-order valence-corrected chi connectivity index (χ3v) is 9.32. The van der Waals surface area contributed by atoms with Crippen LogP contribution < -0.4 is 0 Å². The Kier molecular flexibility index (Phi) is 8.80. The van der Waals surface area contributed by atoms with Crippen LogP contribution in [0.5, 0.6) is 0 Å². The van der Waals surface area contributed by atoms with Gasteiger partial charge in [0, 0.05) is 24.9 Å². The number of aromatic amines is 1. The van der Waals surface area contributed by atoms with Crippen molar-refractivity contribution in [1.29, 1.82) is 0 Å². The minimum absolute atomic E-state index is 0.0526. The molecule has 0 amide bonds. The number of hydrogen-bond acceptors (Lipinski definition) is 7. The second-order valence-electron chi connectivity index (χ2n) is 14.1. The number of rotatable bonds is 10. The van der Waals surface area contributed by atoms with E-state index in [9.17, 15) is 0 Å². The third-order valence-electron chi connectivity index (χ3n) is 9.32. The summed E-state index contributed by atoms with van der Waals surface area (Å²) in [7, 11) is 0. The molecule has 4 aromatic carbocycles. The van der Waals surface area contributed by atoms with Crippen LogP contribution in [0.2, 0.25) is 0 Å². The number of nitrogens with zero attached hydrogens (tertiary/aromatic N) is 7. The van der Waals surface area contributed by atoms with Crippen molar-refractivity contribution in [1.82, 2.24) is 35.3 Å². The highest BCUT2D eigenvalue weighted by Gasteiger charge is 2.39. The lowest BCUT2D eigenvalue weighted by Gasteiger charge is -2.41. The predicted molar refractivity (Wildman–Crippen MR) is 192 cm³/mol. The molecular formula is C40H44N8. The fourth-order valence-electron chi connectivity index (χ4n) is 6.74. The van der Waals surface area contributed by atoms with Crippen LogP contribution in [0.15, 0.2) is 126 Å². The third kappa shape index (κ3) is 6.88. The van der Waals surface area contributed by atoms with Crippen molar-refractivity contribution in [2.45, 2.75) is 59.3 Å². The highest BCUT2D eigenvalue weighted by atomic mass is 15.5.